The van der Waals surface area contributed by atoms with Gasteiger partial charge in [-0.15, -0.1) is 0 Å². The van der Waals surface area contributed by atoms with Gasteiger partial charge in [0.15, 0.2) is 0 Å². The third kappa shape index (κ3) is 5.21. The summed E-state index contributed by atoms with van der Waals surface area (Å²) in [6, 6.07) is 40.7. The number of benzene rings is 4. The van der Waals surface area contributed by atoms with Gasteiger partial charge in [0.1, 0.15) is 0 Å². The van der Waals surface area contributed by atoms with Crippen molar-refractivity contribution in [1.82, 2.24) is 0 Å². The van der Waals surface area contributed by atoms with Crippen LogP contribution in [0.3, 0.4) is 0 Å². The van der Waals surface area contributed by atoms with Gasteiger partial charge >= 0.3 is 222 Å². The van der Waals surface area contributed by atoms with E-state index >= 15 is 0 Å². The van der Waals surface area contributed by atoms with Crippen LogP contribution in [0.1, 0.15) is 53.7 Å². The van der Waals surface area contributed by atoms with Gasteiger partial charge in [-0.1, -0.05) is 0 Å². The molecule has 0 nitrogen and oxygen atoms in total. The van der Waals surface area contributed by atoms with Gasteiger partial charge in [0.05, 0.1) is 0 Å². The summed E-state index contributed by atoms with van der Waals surface area (Å²) in [4.78, 5) is 0. The summed E-state index contributed by atoms with van der Waals surface area (Å²) in [7, 11) is 0. The number of hydrogen-bond acceptors (Lipinski definition) is 0. The first kappa shape index (κ1) is 28.5. The molecule has 6 rings (SSSR count). The molecular formula is C35H32Cl2Ti. The Bertz CT molecular complexity index is 1440. The molecule has 0 bridgehead atoms. The Hall–Kier alpha value is -2.48. The van der Waals surface area contributed by atoms with Crippen molar-refractivity contribution in [2.24, 2.45) is 5.41 Å². The first-order valence-electron chi connectivity index (χ1n) is 13.0. The minimum Gasteiger partial charge on any atom is -1.00 e. The van der Waals surface area contributed by atoms with Crippen LogP contribution in [0.4, 0.5) is 0 Å². The second-order valence-corrected chi connectivity index (χ2v) is 14.9. The van der Waals surface area contributed by atoms with Crippen LogP contribution in [0.25, 0.3) is 11.1 Å². The van der Waals surface area contributed by atoms with Gasteiger partial charge in [0.2, 0.25) is 0 Å². The van der Waals surface area contributed by atoms with Crippen molar-refractivity contribution in [2.45, 2.75) is 31.4 Å². The van der Waals surface area contributed by atoms with Crippen LogP contribution in [-0.2, 0) is 17.4 Å². The molecule has 0 aromatic heterocycles. The molecule has 0 fully saturated rings. The Labute approximate surface area is 245 Å². The predicted molar refractivity (Wildman–Crippen MR) is 150 cm³/mol. The molecule has 190 valence electrons. The molecule has 38 heavy (non-hydrogen) atoms. The third-order valence-electron chi connectivity index (χ3n) is 7.60. The van der Waals surface area contributed by atoms with Gasteiger partial charge in [-0.3, -0.25) is 0 Å². The Balaban J connectivity index is 0.00000168. The van der Waals surface area contributed by atoms with E-state index in [1.165, 1.54) is 39.0 Å². The molecule has 0 spiro atoms. The smallest absolute Gasteiger partial charge is 1.00 e. The molecule has 2 aliphatic rings. The van der Waals surface area contributed by atoms with E-state index in [-0.39, 0.29) is 30.2 Å². The van der Waals surface area contributed by atoms with Crippen molar-refractivity contribution in [1.29, 1.82) is 0 Å². The molecule has 2 aliphatic carbocycles. The summed E-state index contributed by atoms with van der Waals surface area (Å²) in [5.41, 5.74) is 10.3. The predicted octanol–water partition coefficient (Wildman–Crippen LogP) is 2.91. The van der Waals surface area contributed by atoms with Crippen LogP contribution in [-0.4, -0.2) is 3.81 Å². The minimum atomic E-state index is -2.17. The molecule has 0 saturated carbocycles. The van der Waals surface area contributed by atoms with Gasteiger partial charge in [-0.05, 0) is 0 Å². The standard InChI is InChI=1S/C13H9.C13H10.C9H13.2ClH.Ti/c1-3-7-12-10(5-1)9-11-6-2-4-8-13(11)12;1-3-7-12(8-4-1)11-13-9-5-2-6-10-13;1-9(2,3)8-6-4-5-7-8;;;/h1-9H;1-10H;6-7H,4H2,1-3H3;2*1H;/q;;;;;+2/p-2. The maximum atomic E-state index is 2.59. The largest absolute Gasteiger partial charge is 1.00 e. The molecule has 0 amide bonds. The molecule has 0 atom stereocenters. The summed E-state index contributed by atoms with van der Waals surface area (Å²) >= 11 is -2.17. The first-order valence-corrected chi connectivity index (χ1v) is 15.4. The molecule has 0 unspecified atom stereocenters. The van der Waals surface area contributed by atoms with Crippen LogP contribution in [0.5, 0.6) is 0 Å². The van der Waals surface area contributed by atoms with Crippen LogP contribution in [0.2, 0.25) is 0 Å². The zero-order valence-electron chi connectivity index (χ0n) is 22.1. The van der Waals surface area contributed by atoms with Crippen LogP contribution in [0.15, 0.2) is 131 Å². The zero-order chi connectivity index (χ0) is 24.7. The Morgan fingerprint density at radius 1 is 0.632 bits per heavy atom. The normalized spacial score (nSPS) is 13.6. The molecule has 0 N–H and O–H groups in total. The average Bonchev–Trinajstić information content (AvgIpc) is 3.52. The van der Waals surface area contributed by atoms with E-state index in [2.05, 4.69) is 142 Å². The van der Waals surface area contributed by atoms with E-state index in [1.54, 1.807) is 7.69 Å². The van der Waals surface area contributed by atoms with Gasteiger partial charge in [0.25, 0.3) is 0 Å². The van der Waals surface area contributed by atoms with E-state index in [1.807, 2.05) is 0 Å². The molecule has 0 heterocycles. The van der Waals surface area contributed by atoms with Crippen LogP contribution < -0.4 is 24.8 Å². The summed E-state index contributed by atoms with van der Waals surface area (Å²) in [6.45, 7) is 7.03. The maximum absolute atomic E-state index is 2.59. The first-order chi connectivity index (χ1) is 17.5. The minimum absolute atomic E-state index is 0. The third-order valence-corrected chi connectivity index (χ3v) is 12.8. The fraction of sp³-hybridized carbons (Fsp3) is 0.171. The summed E-state index contributed by atoms with van der Waals surface area (Å²) in [5, 5.41) is 0. The van der Waals surface area contributed by atoms with E-state index in [4.69, 9.17) is 0 Å². The second kappa shape index (κ2) is 11.7. The van der Waals surface area contributed by atoms with Gasteiger partial charge in [0, 0.05) is 0 Å². The SMILES string of the molecule is CC(C)(C)C1=CC[C]([Ti+2](=[C](c2ccccc2)c2ccccc2)[CH]2c3ccccc3-c3ccccc32)=C1.[Cl-].[Cl-]. The molecule has 0 aliphatic heterocycles. The van der Waals surface area contributed by atoms with Gasteiger partial charge < -0.3 is 24.8 Å². The Kier molecular flexibility index (Phi) is 8.80. The second-order valence-electron chi connectivity index (χ2n) is 10.9. The number of rotatable bonds is 4. The zero-order valence-corrected chi connectivity index (χ0v) is 25.2. The maximum Gasteiger partial charge on any atom is -1.00 e. The fourth-order valence-electron chi connectivity index (χ4n) is 5.88. The summed E-state index contributed by atoms with van der Waals surface area (Å²) in [5.74, 6) is 0. The van der Waals surface area contributed by atoms with E-state index < -0.39 is 17.4 Å². The monoisotopic (exact) mass is 570 g/mol. The average molecular weight is 571 g/mol. The molecule has 3 heteroatoms. The van der Waals surface area contributed by atoms with Crippen LogP contribution in [0, 0.1) is 5.41 Å². The molecule has 0 radical (unpaired) electrons. The molecule has 4 aromatic rings. The van der Waals surface area contributed by atoms with E-state index in [0.717, 1.165) is 6.42 Å². The van der Waals surface area contributed by atoms with Crippen LogP contribution >= 0.6 is 0 Å². The number of halogens is 2. The summed E-state index contributed by atoms with van der Waals surface area (Å²) in [6.07, 6.45) is 6.17. The Morgan fingerprint density at radius 2 is 1.08 bits per heavy atom. The van der Waals surface area contributed by atoms with Crippen molar-refractivity contribution in [3.8, 4) is 11.1 Å². The number of allylic oxidation sites excluding steroid dienone is 4. The van der Waals surface area contributed by atoms with Crippen molar-refractivity contribution in [2.75, 3.05) is 0 Å². The van der Waals surface area contributed by atoms with Crippen molar-refractivity contribution in [3.05, 3.63) is 153 Å². The Morgan fingerprint density at radius 3 is 1.53 bits per heavy atom. The van der Waals surface area contributed by atoms with Crippen molar-refractivity contribution in [3.63, 3.8) is 0 Å². The van der Waals surface area contributed by atoms with Crippen molar-refractivity contribution < 1.29 is 42.2 Å². The molecular weight excluding hydrogens is 539 g/mol. The fourth-order valence-corrected chi connectivity index (χ4v) is 11.6. The van der Waals surface area contributed by atoms with Gasteiger partial charge in [-0.25, -0.2) is 0 Å². The number of fused-ring (bicyclic) bond motifs is 3. The summed E-state index contributed by atoms with van der Waals surface area (Å²) < 4.78 is 3.70. The van der Waals surface area contributed by atoms with Gasteiger partial charge in [-0.2, -0.15) is 0 Å². The quantitative estimate of drug-likeness (QED) is 0.331. The van der Waals surface area contributed by atoms with E-state index in [0.29, 0.717) is 4.22 Å². The molecule has 0 saturated heterocycles. The van der Waals surface area contributed by atoms with Crippen molar-refractivity contribution >= 4 is 3.81 Å². The molecule has 4 aromatic carbocycles. The number of hydrogen-bond donors (Lipinski definition) is 0. The van der Waals surface area contributed by atoms with E-state index in [9.17, 15) is 0 Å². The topological polar surface area (TPSA) is 0 Å².